The van der Waals surface area contributed by atoms with Crippen molar-refractivity contribution >= 4 is 28.5 Å². The predicted octanol–water partition coefficient (Wildman–Crippen LogP) is 2.71. The molecule has 0 radical (unpaired) electrons. The van der Waals surface area contributed by atoms with E-state index >= 15 is 0 Å². The minimum Gasteiger partial charge on any atom is -0.338 e. The Labute approximate surface area is 104 Å². The van der Waals surface area contributed by atoms with E-state index in [4.69, 9.17) is 0 Å². The van der Waals surface area contributed by atoms with Gasteiger partial charge >= 0.3 is 0 Å². The van der Waals surface area contributed by atoms with Crippen LogP contribution in [0.5, 0.6) is 0 Å². The van der Waals surface area contributed by atoms with Crippen molar-refractivity contribution in [1.29, 1.82) is 0 Å². The smallest absolute Gasteiger partial charge is 0.225 e. The Balaban J connectivity index is 2.19. The second-order valence-electron chi connectivity index (χ2n) is 4.35. The number of halogens is 1. The molecule has 1 aliphatic heterocycles. The van der Waals surface area contributed by atoms with Crippen molar-refractivity contribution in [3.8, 4) is 0 Å². The van der Waals surface area contributed by atoms with Crippen LogP contribution in [-0.2, 0) is 0 Å². The van der Waals surface area contributed by atoms with Crippen LogP contribution in [-0.4, -0.2) is 22.6 Å². The van der Waals surface area contributed by atoms with E-state index in [0.717, 1.165) is 16.1 Å². The molecule has 82 valence electrons. The second-order valence-corrected chi connectivity index (χ2v) is 5.59. The van der Waals surface area contributed by atoms with Gasteiger partial charge in [0, 0.05) is 28.6 Å². The first-order valence-corrected chi connectivity index (χ1v) is 6.50. The van der Waals surface area contributed by atoms with Gasteiger partial charge in [-0.15, -0.1) is 0 Å². The minimum absolute atomic E-state index is 0.616. The largest absolute Gasteiger partial charge is 0.338 e. The number of hydrogen-bond acceptors (Lipinski definition) is 3. The lowest BCUT2D eigenvalue weighted by atomic mass is 10.0. The SMILES string of the molecule is CC(C)C1CCCN1c1ncc(I)cn1. The first-order valence-electron chi connectivity index (χ1n) is 5.42. The Kier molecular flexibility index (Phi) is 3.43. The maximum atomic E-state index is 4.40. The van der Waals surface area contributed by atoms with Gasteiger partial charge in [-0.2, -0.15) is 0 Å². The number of rotatable bonds is 2. The maximum absolute atomic E-state index is 4.40. The van der Waals surface area contributed by atoms with Gasteiger partial charge in [-0.25, -0.2) is 9.97 Å². The van der Waals surface area contributed by atoms with Crippen LogP contribution in [0.2, 0.25) is 0 Å². The highest BCUT2D eigenvalue weighted by atomic mass is 127. The fourth-order valence-corrected chi connectivity index (χ4v) is 2.47. The van der Waals surface area contributed by atoms with Crippen molar-refractivity contribution in [2.24, 2.45) is 5.92 Å². The molecule has 4 heteroatoms. The van der Waals surface area contributed by atoms with Gasteiger partial charge in [0.05, 0.1) is 0 Å². The van der Waals surface area contributed by atoms with E-state index in [2.05, 4.69) is 51.3 Å². The quantitative estimate of drug-likeness (QED) is 0.786. The first kappa shape index (κ1) is 11.1. The maximum Gasteiger partial charge on any atom is 0.225 e. The van der Waals surface area contributed by atoms with E-state index in [9.17, 15) is 0 Å². The summed E-state index contributed by atoms with van der Waals surface area (Å²) in [6.07, 6.45) is 6.31. The van der Waals surface area contributed by atoms with Crippen LogP contribution >= 0.6 is 22.6 Å². The van der Waals surface area contributed by atoms with E-state index in [0.29, 0.717) is 12.0 Å². The lowest BCUT2D eigenvalue weighted by molar-refractivity contribution is 0.487. The van der Waals surface area contributed by atoms with E-state index in [-0.39, 0.29) is 0 Å². The third-order valence-electron chi connectivity index (χ3n) is 2.93. The van der Waals surface area contributed by atoms with Crippen LogP contribution in [0.1, 0.15) is 26.7 Å². The van der Waals surface area contributed by atoms with Crippen LogP contribution in [0.15, 0.2) is 12.4 Å². The molecular weight excluding hydrogens is 301 g/mol. The third-order valence-corrected chi connectivity index (χ3v) is 3.49. The van der Waals surface area contributed by atoms with Crippen LogP contribution in [0.25, 0.3) is 0 Å². The van der Waals surface area contributed by atoms with Crippen molar-refractivity contribution < 1.29 is 0 Å². The fourth-order valence-electron chi connectivity index (χ4n) is 2.19. The second kappa shape index (κ2) is 4.63. The topological polar surface area (TPSA) is 29.0 Å². The molecule has 1 fully saturated rings. The van der Waals surface area contributed by atoms with Crippen molar-refractivity contribution in [2.75, 3.05) is 11.4 Å². The molecule has 15 heavy (non-hydrogen) atoms. The molecule has 2 heterocycles. The van der Waals surface area contributed by atoms with Gasteiger partial charge in [0.25, 0.3) is 0 Å². The fraction of sp³-hybridized carbons (Fsp3) is 0.636. The first-order chi connectivity index (χ1) is 7.18. The molecule has 1 unspecified atom stereocenters. The van der Waals surface area contributed by atoms with Crippen molar-refractivity contribution in [2.45, 2.75) is 32.7 Å². The molecule has 0 N–H and O–H groups in total. The van der Waals surface area contributed by atoms with E-state index in [1.165, 1.54) is 12.8 Å². The van der Waals surface area contributed by atoms with E-state index in [1.807, 2.05) is 12.4 Å². The number of hydrogen-bond donors (Lipinski definition) is 0. The lowest BCUT2D eigenvalue weighted by Crippen LogP contribution is -2.34. The Hall–Kier alpha value is -0.390. The average Bonchev–Trinajstić information content (AvgIpc) is 2.67. The van der Waals surface area contributed by atoms with Crippen LogP contribution in [0.4, 0.5) is 5.95 Å². The Morgan fingerprint density at radius 1 is 1.40 bits per heavy atom. The molecule has 0 amide bonds. The normalized spacial score (nSPS) is 21.3. The van der Waals surface area contributed by atoms with E-state index < -0.39 is 0 Å². The van der Waals surface area contributed by atoms with Gasteiger partial charge in [0.2, 0.25) is 5.95 Å². The zero-order valence-corrected chi connectivity index (χ0v) is 11.3. The summed E-state index contributed by atoms with van der Waals surface area (Å²) in [6, 6.07) is 0.616. The van der Waals surface area contributed by atoms with Gasteiger partial charge in [-0.1, -0.05) is 13.8 Å². The summed E-state index contributed by atoms with van der Waals surface area (Å²) in [7, 11) is 0. The predicted molar refractivity (Wildman–Crippen MR) is 70.0 cm³/mol. The summed E-state index contributed by atoms with van der Waals surface area (Å²) in [5.74, 6) is 1.57. The molecule has 0 aromatic carbocycles. The standard InChI is InChI=1S/C11H16IN3/c1-8(2)10-4-3-5-15(10)11-13-6-9(12)7-14-11/h6-8,10H,3-5H2,1-2H3. The summed E-state index contributed by atoms with van der Waals surface area (Å²) < 4.78 is 1.09. The molecular formula is C11H16IN3. The zero-order valence-electron chi connectivity index (χ0n) is 9.15. The number of nitrogens with zero attached hydrogens (tertiary/aromatic N) is 3. The van der Waals surface area contributed by atoms with E-state index in [1.54, 1.807) is 0 Å². The molecule has 3 nitrogen and oxygen atoms in total. The summed E-state index contributed by atoms with van der Waals surface area (Å²) in [4.78, 5) is 11.1. The minimum atomic E-state index is 0.616. The van der Waals surface area contributed by atoms with Crippen LogP contribution in [0.3, 0.4) is 0 Å². The van der Waals surface area contributed by atoms with Gasteiger partial charge in [-0.05, 0) is 41.4 Å². The van der Waals surface area contributed by atoms with Gasteiger partial charge in [-0.3, -0.25) is 0 Å². The molecule has 1 atom stereocenters. The monoisotopic (exact) mass is 317 g/mol. The molecule has 2 rings (SSSR count). The Morgan fingerprint density at radius 3 is 2.67 bits per heavy atom. The summed E-state index contributed by atoms with van der Waals surface area (Å²) >= 11 is 2.23. The Morgan fingerprint density at radius 2 is 2.07 bits per heavy atom. The highest BCUT2D eigenvalue weighted by Gasteiger charge is 2.28. The molecule has 0 spiro atoms. The number of anilines is 1. The average molecular weight is 317 g/mol. The zero-order chi connectivity index (χ0) is 10.8. The van der Waals surface area contributed by atoms with Gasteiger partial charge in [0.15, 0.2) is 0 Å². The Bertz CT molecular complexity index is 323. The molecule has 0 saturated carbocycles. The van der Waals surface area contributed by atoms with Gasteiger partial charge < -0.3 is 4.90 Å². The summed E-state index contributed by atoms with van der Waals surface area (Å²) in [5, 5.41) is 0. The van der Waals surface area contributed by atoms with Crippen molar-refractivity contribution in [3.05, 3.63) is 16.0 Å². The molecule has 1 aromatic heterocycles. The summed E-state index contributed by atoms with van der Waals surface area (Å²) in [6.45, 7) is 5.65. The van der Waals surface area contributed by atoms with Crippen LogP contribution < -0.4 is 4.90 Å². The van der Waals surface area contributed by atoms with Crippen molar-refractivity contribution in [1.82, 2.24) is 9.97 Å². The summed E-state index contributed by atoms with van der Waals surface area (Å²) in [5.41, 5.74) is 0. The number of aromatic nitrogens is 2. The highest BCUT2D eigenvalue weighted by molar-refractivity contribution is 14.1. The van der Waals surface area contributed by atoms with Gasteiger partial charge in [0.1, 0.15) is 0 Å². The lowest BCUT2D eigenvalue weighted by Gasteiger charge is -2.27. The molecule has 0 bridgehead atoms. The molecule has 1 aliphatic rings. The molecule has 1 saturated heterocycles. The highest BCUT2D eigenvalue weighted by Crippen LogP contribution is 2.26. The van der Waals surface area contributed by atoms with Crippen molar-refractivity contribution in [3.63, 3.8) is 0 Å². The van der Waals surface area contributed by atoms with Crippen LogP contribution in [0, 0.1) is 9.49 Å². The molecule has 1 aromatic rings. The molecule has 0 aliphatic carbocycles. The third kappa shape index (κ3) is 2.41.